The molecule has 9 N–H and O–H groups in total. The highest BCUT2D eigenvalue weighted by Gasteiger charge is 2.71. The van der Waals surface area contributed by atoms with Crippen LogP contribution in [0, 0.1) is 50.2 Å². The second kappa shape index (κ2) is 16.5. The third kappa shape index (κ3) is 7.40. The van der Waals surface area contributed by atoms with Gasteiger partial charge in [-0.25, -0.2) is 4.79 Å². The fourth-order valence-corrected chi connectivity index (χ4v) is 14.6. The second-order valence-corrected chi connectivity index (χ2v) is 23.3. The third-order valence-electron chi connectivity index (χ3n) is 18.7. The summed E-state index contributed by atoms with van der Waals surface area (Å²) in [6, 6.07) is 0. The van der Waals surface area contributed by atoms with E-state index in [2.05, 4.69) is 55.4 Å². The molecule has 23 atom stereocenters. The Labute approximate surface area is 375 Å². The number of hydrogen-bond donors (Lipinski definition) is 9. The van der Waals surface area contributed by atoms with Crippen molar-refractivity contribution in [2.24, 2.45) is 50.2 Å². The minimum absolute atomic E-state index is 0.0494. The SMILES string of the molecule is CC1OC(OC2C(OC3C(O[C@@H]4CC[C@]5(C)C(CC[C@@]6(C)C5C(=O)C=C5C7CC(C)(C)CC(O)[C@@]7(C)CC[C@@]56C)C4(C)C)OC(C(=O)O)C(O)C3O)OCC(O)C2O)C(O)C(O)C1O. The molecule has 8 aliphatic rings. The number of aliphatic hydroxyl groups excluding tert-OH is 8. The van der Waals surface area contributed by atoms with Gasteiger partial charge in [0.1, 0.15) is 54.9 Å². The summed E-state index contributed by atoms with van der Waals surface area (Å²) >= 11 is 0. The van der Waals surface area contributed by atoms with Crippen molar-refractivity contribution in [2.75, 3.05) is 6.61 Å². The molecule has 64 heavy (non-hydrogen) atoms. The van der Waals surface area contributed by atoms with Crippen LogP contribution in [-0.4, -0.2) is 163 Å². The normalized spacial score (nSPS) is 54.7. The molecular weight excluding hydrogens is 837 g/mol. The van der Waals surface area contributed by atoms with Crippen molar-refractivity contribution in [1.82, 2.24) is 0 Å². The van der Waals surface area contributed by atoms with Crippen LogP contribution >= 0.6 is 0 Å². The predicted molar refractivity (Wildman–Crippen MR) is 224 cm³/mol. The van der Waals surface area contributed by atoms with Crippen LogP contribution in [0.25, 0.3) is 0 Å². The smallest absolute Gasteiger partial charge is 0.335 e. The summed E-state index contributed by atoms with van der Waals surface area (Å²) in [6.45, 7) is 18.7. The Kier molecular flexibility index (Phi) is 12.6. The standard InChI is InChI=1S/C47H74O17/c1-20-28(51)30(53)33(56)39(60-20)63-35-29(52)24(49)19-59-40(35)64-36-32(55)31(54)34(38(57)58)62-41(36)61-27-11-12-45(7)25(43(27,4)5)10-13-47(9)37(45)23(48)16-21-22-17-42(2,3)18-26(50)44(22,6)14-15-46(21,47)8/h16,20,22,24-37,39-41,49-56H,10-15,17-19H2,1-9H3,(H,57,58)/t20?,22?,24?,25?,26?,27-,28?,29?,30?,31?,32?,33?,34?,35?,36?,37?,39?,40?,41?,44+,45-,46+,47+/m1/s1. The number of carboxylic acid groups (broad SMARTS) is 1. The van der Waals surface area contributed by atoms with Crippen LogP contribution < -0.4 is 0 Å². The number of rotatable bonds is 7. The van der Waals surface area contributed by atoms with Gasteiger partial charge in [-0.15, -0.1) is 0 Å². The van der Waals surface area contributed by atoms with E-state index in [0.29, 0.717) is 12.8 Å². The van der Waals surface area contributed by atoms with Crippen LogP contribution in [-0.2, 0) is 38.0 Å². The zero-order valence-corrected chi connectivity index (χ0v) is 38.7. The summed E-state index contributed by atoms with van der Waals surface area (Å²) in [6.07, 6.45) is -16.4. The Hall–Kier alpha value is -1.68. The molecule has 3 saturated heterocycles. The lowest BCUT2D eigenvalue weighted by atomic mass is 9.33. The Balaban J connectivity index is 1.06. The van der Waals surface area contributed by atoms with Gasteiger partial charge in [0.05, 0.1) is 24.9 Å². The Morgan fingerprint density at radius 2 is 1.34 bits per heavy atom. The molecule has 3 heterocycles. The fraction of sp³-hybridized carbons (Fsp3) is 0.915. The molecule has 364 valence electrons. The second-order valence-electron chi connectivity index (χ2n) is 23.3. The van der Waals surface area contributed by atoms with Crippen molar-refractivity contribution in [1.29, 1.82) is 0 Å². The summed E-state index contributed by atoms with van der Waals surface area (Å²) in [5.74, 6) is -1.67. The molecule has 7 fully saturated rings. The minimum Gasteiger partial charge on any atom is -0.479 e. The van der Waals surface area contributed by atoms with Gasteiger partial charge >= 0.3 is 5.97 Å². The quantitative estimate of drug-likeness (QED) is 0.164. The first-order valence-electron chi connectivity index (χ1n) is 23.4. The van der Waals surface area contributed by atoms with E-state index in [9.17, 15) is 55.5 Å². The van der Waals surface area contributed by atoms with Crippen LogP contribution in [0.2, 0.25) is 0 Å². The molecule has 4 saturated carbocycles. The molecule has 8 rings (SSSR count). The number of aliphatic hydroxyl groups is 8. The molecule has 3 aliphatic heterocycles. The van der Waals surface area contributed by atoms with E-state index in [1.807, 2.05) is 6.08 Å². The largest absolute Gasteiger partial charge is 0.479 e. The maximum atomic E-state index is 15.0. The number of carbonyl (C=O) groups is 2. The summed E-state index contributed by atoms with van der Waals surface area (Å²) < 4.78 is 36.0. The average molecular weight is 911 g/mol. The predicted octanol–water partition coefficient (Wildman–Crippen LogP) is 1.55. The molecule has 17 heteroatoms. The van der Waals surface area contributed by atoms with Gasteiger partial charge in [0, 0.05) is 11.3 Å². The molecule has 0 spiro atoms. The van der Waals surface area contributed by atoms with Crippen molar-refractivity contribution in [3.05, 3.63) is 11.6 Å². The highest BCUT2D eigenvalue weighted by Crippen LogP contribution is 2.75. The molecule has 18 unspecified atom stereocenters. The number of fused-ring (bicyclic) bond motifs is 7. The number of aliphatic carboxylic acids is 1. The lowest BCUT2D eigenvalue weighted by molar-refractivity contribution is -0.386. The fourth-order valence-electron chi connectivity index (χ4n) is 14.6. The third-order valence-corrected chi connectivity index (χ3v) is 18.7. The van der Waals surface area contributed by atoms with E-state index in [1.165, 1.54) is 12.5 Å². The lowest BCUT2D eigenvalue weighted by Gasteiger charge is -2.71. The lowest BCUT2D eigenvalue weighted by Crippen LogP contribution is -2.68. The van der Waals surface area contributed by atoms with E-state index in [-0.39, 0.29) is 45.2 Å². The number of allylic oxidation sites excluding steroid dienone is 2. The first-order valence-corrected chi connectivity index (χ1v) is 23.4. The van der Waals surface area contributed by atoms with Gasteiger partial charge in [0.25, 0.3) is 0 Å². The van der Waals surface area contributed by atoms with Crippen molar-refractivity contribution >= 4 is 11.8 Å². The molecular formula is C47H74O17. The Morgan fingerprint density at radius 3 is 2.02 bits per heavy atom. The van der Waals surface area contributed by atoms with Crippen LogP contribution in [0.3, 0.4) is 0 Å². The van der Waals surface area contributed by atoms with Gasteiger partial charge in [-0.3, -0.25) is 4.79 Å². The number of hydrogen-bond acceptors (Lipinski definition) is 16. The molecule has 0 aromatic carbocycles. The molecule has 0 amide bonds. The van der Waals surface area contributed by atoms with Crippen molar-refractivity contribution < 1.29 is 84.0 Å². The number of ketones is 1. The van der Waals surface area contributed by atoms with Crippen molar-refractivity contribution in [3.8, 4) is 0 Å². The first kappa shape index (κ1) is 48.8. The van der Waals surface area contributed by atoms with Gasteiger partial charge in [0.2, 0.25) is 0 Å². The maximum Gasteiger partial charge on any atom is 0.335 e. The van der Waals surface area contributed by atoms with Crippen molar-refractivity contribution in [3.63, 3.8) is 0 Å². The molecule has 5 aliphatic carbocycles. The zero-order chi connectivity index (χ0) is 47.0. The molecule has 0 radical (unpaired) electrons. The van der Waals surface area contributed by atoms with Crippen LogP contribution in [0.15, 0.2) is 11.6 Å². The molecule has 0 aromatic rings. The van der Waals surface area contributed by atoms with Gasteiger partial charge in [-0.2, -0.15) is 0 Å². The Morgan fingerprint density at radius 1 is 0.688 bits per heavy atom. The first-order chi connectivity index (χ1) is 29.6. The van der Waals surface area contributed by atoms with E-state index in [4.69, 9.17) is 28.4 Å². The highest BCUT2D eigenvalue weighted by atomic mass is 16.8. The maximum absolute atomic E-state index is 15.0. The molecule has 0 bridgehead atoms. The van der Waals surface area contributed by atoms with Crippen LogP contribution in [0.5, 0.6) is 0 Å². The van der Waals surface area contributed by atoms with Gasteiger partial charge < -0.3 is 74.4 Å². The van der Waals surface area contributed by atoms with Crippen molar-refractivity contribution in [2.45, 2.75) is 212 Å². The summed E-state index contributed by atoms with van der Waals surface area (Å²) in [5.41, 5.74) is -0.893. The van der Waals surface area contributed by atoms with E-state index >= 15 is 0 Å². The highest BCUT2D eigenvalue weighted by molar-refractivity contribution is 5.95. The van der Waals surface area contributed by atoms with Crippen LogP contribution in [0.1, 0.15) is 114 Å². The minimum atomic E-state index is -2.00. The number of carboxylic acids is 1. The summed E-state index contributed by atoms with van der Waals surface area (Å²) in [4.78, 5) is 27.4. The van der Waals surface area contributed by atoms with E-state index in [1.54, 1.807) is 0 Å². The number of ether oxygens (including phenoxy) is 6. The van der Waals surface area contributed by atoms with Crippen LogP contribution in [0.4, 0.5) is 0 Å². The van der Waals surface area contributed by atoms with Gasteiger partial charge in [-0.05, 0) is 103 Å². The number of carbonyl (C=O) groups excluding carboxylic acids is 1. The van der Waals surface area contributed by atoms with E-state index < -0.39 is 122 Å². The summed E-state index contributed by atoms with van der Waals surface area (Å²) in [7, 11) is 0. The van der Waals surface area contributed by atoms with Gasteiger partial charge in [0.15, 0.2) is 30.8 Å². The molecule has 0 aromatic heterocycles. The zero-order valence-electron chi connectivity index (χ0n) is 38.7. The van der Waals surface area contributed by atoms with Gasteiger partial charge in [-0.1, -0.05) is 61.0 Å². The average Bonchev–Trinajstić information content (AvgIpc) is 3.20. The Bertz CT molecular complexity index is 1820. The van der Waals surface area contributed by atoms with E-state index in [0.717, 1.165) is 38.5 Å². The monoisotopic (exact) mass is 910 g/mol. The topological polar surface area (TPSA) is 272 Å². The molecule has 17 nitrogen and oxygen atoms in total. The summed E-state index contributed by atoms with van der Waals surface area (Å²) in [5, 5.41) is 97.3.